The van der Waals surface area contributed by atoms with Gasteiger partial charge in [0.15, 0.2) is 0 Å². The van der Waals surface area contributed by atoms with Crippen LogP contribution in [0.25, 0.3) is 0 Å². The lowest BCUT2D eigenvalue weighted by molar-refractivity contribution is 0.0402. The molecule has 0 aliphatic carbocycles. The fourth-order valence-corrected chi connectivity index (χ4v) is 3.31. The molecule has 1 saturated heterocycles. The standard InChI is InChI=1S/C20H24N2O3/c1-2-25-20(24)21-14-13-18(19(23)15-21)22(16-9-5-3-6-10-16)17-11-7-4-8-12-17/h3-12,18-19,23H,2,13-15H2,1H3/t18-,19+/m1/s1. The number of carbonyl (C=O) groups is 1. The van der Waals surface area contributed by atoms with Gasteiger partial charge in [0.2, 0.25) is 0 Å². The summed E-state index contributed by atoms with van der Waals surface area (Å²) in [6, 6.07) is 20.0. The molecule has 1 N–H and O–H groups in total. The Morgan fingerprint density at radius 2 is 1.68 bits per heavy atom. The minimum Gasteiger partial charge on any atom is -0.450 e. The number of para-hydroxylation sites is 2. The van der Waals surface area contributed by atoms with Crippen LogP contribution in [0.1, 0.15) is 13.3 Å². The molecule has 1 aliphatic rings. The maximum atomic E-state index is 11.9. The Labute approximate surface area is 148 Å². The first kappa shape index (κ1) is 17.3. The Kier molecular flexibility index (Phi) is 5.56. The number of hydrogen-bond donors (Lipinski definition) is 1. The number of hydrogen-bond acceptors (Lipinski definition) is 4. The van der Waals surface area contributed by atoms with Gasteiger partial charge in [-0.25, -0.2) is 4.79 Å². The summed E-state index contributed by atoms with van der Waals surface area (Å²) >= 11 is 0. The molecule has 0 radical (unpaired) electrons. The lowest BCUT2D eigenvalue weighted by Crippen LogP contribution is -2.54. The van der Waals surface area contributed by atoms with Crippen LogP contribution in [0.2, 0.25) is 0 Å². The smallest absolute Gasteiger partial charge is 0.409 e. The topological polar surface area (TPSA) is 53.0 Å². The highest BCUT2D eigenvalue weighted by Crippen LogP contribution is 2.32. The number of β-amino-alcohol motifs (C(OH)–C–C–N with tert-alkyl or cyclic N) is 1. The molecule has 5 nitrogen and oxygen atoms in total. The molecule has 2 aromatic rings. The average molecular weight is 340 g/mol. The van der Waals surface area contributed by atoms with E-state index in [-0.39, 0.29) is 18.7 Å². The van der Waals surface area contributed by atoms with E-state index in [0.29, 0.717) is 19.6 Å². The third-order valence-corrected chi connectivity index (χ3v) is 4.47. The van der Waals surface area contributed by atoms with Gasteiger partial charge in [0.1, 0.15) is 0 Å². The van der Waals surface area contributed by atoms with Crippen molar-refractivity contribution in [2.75, 3.05) is 24.6 Å². The molecule has 0 saturated carbocycles. The van der Waals surface area contributed by atoms with Crippen molar-refractivity contribution in [2.45, 2.75) is 25.5 Å². The molecule has 2 aromatic carbocycles. The second-order valence-electron chi connectivity index (χ2n) is 6.11. The van der Waals surface area contributed by atoms with E-state index < -0.39 is 6.10 Å². The maximum absolute atomic E-state index is 11.9. The van der Waals surface area contributed by atoms with Gasteiger partial charge >= 0.3 is 6.09 Å². The molecular formula is C20H24N2O3. The van der Waals surface area contributed by atoms with Crippen LogP contribution >= 0.6 is 0 Å². The molecule has 1 heterocycles. The molecule has 5 heteroatoms. The number of benzene rings is 2. The fraction of sp³-hybridized carbons (Fsp3) is 0.350. The van der Waals surface area contributed by atoms with Gasteiger partial charge in [0.05, 0.1) is 25.3 Å². The van der Waals surface area contributed by atoms with Crippen molar-refractivity contribution in [2.24, 2.45) is 0 Å². The summed E-state index contributed by atoms with van der Waals surface area (Å²) in [4.78, 5) is 15.7. The zero-order valence-corrected chi connectivity index (χ0v) is 14.4. The maximum Gasteiger partial charge on any atom is 0.409 e. The van der Waals surface area contributed by atoms with Gasteiger partial charge in [-0.2, -0.15) is 0 Å². The normalized spacial score (nSPS) is 20.2. The Balaban J connectivity index is 1.84. The predicted octanol–water partition coefficient (Wildman–Crippen LogP) is 3.42. The van der Waals surface area contributed by atoms with E-state index in [1.807, 2.05) is 60.7 Å². The Hall–Kier alpha value is -2.53. The monoisotopic (exact) mass is 340 g/mol. The summed E-state index contributed by atoms with van der Waals surface area (Å²) in [6.07, 6.45) is -0.339. The van der Waals surface area contributed by atoms with Crippen LogP contribution in [-0.2, 0) is 4.74 Å². The second kappa shape index (κ2) is 8.03. The lowest BCUT2D eigenvalue weighted by atomic mass is 9.98. The molecule has 132 valence electrons. The van der Waals surface area contributed by atoms with E-state index in [0.717, 1.165) is 11.4 Å². The zero-order valence-electron chi connectivity index (χ0n) is 14.4. The summed E-state index contributed by atoms with van der Waals surface area (Å²) in [6.45, 7) is 2.97. The number of nitrogens with zero attached hydrogens (tertiary/aromatic N) is 2. The molecule has 1 amide bonds. The number of carbonyl (C=O) groups excluding carboxylic acids is 1. The third-order valence-electron chi connectivity index (χ3n) is 4.47. The van der Waals surface area contributed by atoms with Crippen molar-refractivity contribution >= 4 is 17.5 Å². The number of piperidine rings is 1. The molecule has 1 fully saturated rings. The highest BCUT2D eigenvalue weighted by atomic mass is 16.6. The average Bonchev–Trinajstić information content (AvgIpc) is 2.65. The second-order valence-corrected chi connectivity index (χ2v) is 6.11. The van der Waals surface area contributed by atoms with Crippen LogP contribution in [0.3, 0.4) is 0 Å². The van der Waals surface area contributed by atoms with Crippen LogP contribution in [0.5, 0.6) is 0 Å². The molecule has 0 unspecified atom stereocenters. The van der Waals surface area contributed by atoms with E-state index >= 15 is 0 Å². The number of aliphatic hydroxyl groups is 1. The lowest BCUT2D eigenvalue weighted by Gasteiger charge is -2.42. The number of amides is 1. The van der Waals surface area contributed by atoms with E-state index in [1.54, 1.807) is 11.8 Å². The van der Waals surface area contributed by atoms with Gasteiger partial charge in [0.25, 0.3) is 0 Å². The number of ether oxygens (including phenoxy) is 1. The van der Waals surface area contributed by atoms with Gasteiger partial charge in [0, 0.05) is 17.9 Å². The van der Waals surface area contributed by atoms with Crippen molar-refractivity contribution in [1.29, 1.82) is 0 Å². The van der Waals surface area contributed by atoms with Crippen molar-refractivity contribution in [3.05, 3.63) is 60.7 Å². The van der Waals surface area contributed by atoms with Crippen LogP contribution in [0.4, 0.5) is 16.2 Å². The van der Waals surface area contributed by atoms with Gasteiger partial charge < -0.3 is 19.6 Å². The molecule has 0 bridgehead atoms. The van der Waals surface area contributed by atoms with Crippen LogP contribution < -0.4 is 4.90 Å². The first-order valence-corrected chi connectivity index (χ1v) is 8.69. The quantitative estimate of drug-likeness (QED) is 0.927. The SMILES string of the molecule is CCOC(=O)N1CC[C@@H](N(c2ccccc2)c2ccccc2)[C@@H](O)C1. The Morgan fingerprint density at radius 3 is 2.16 bits per heavy atom. The van der Waals surface area contributed by atoms with E-state index in [1.165, 1.54) is 0 Å². The van der Waals surface area contributed by atoms with Crippen molar-refractivity contribution in [3.8, 4) is 0 Å². The number of rotatable bonds is 4. The summed E-state index contributed by atoms with van der Waals surface area (Å²) in [5.74, 6) is 0. The number of anilines is 2. The largest absolute Gasteiger partial charge is 0.450 e. The highest BCUT2D eigenvalue weighted by Gasteiger charge is 2.35. The zero-order chi connectivity index (χ0) is 17.6. The summed E-state index contributed by atoms with van der Waals surface area (Å²) in [7, 11) is 0. The highest BCUT2D eigenvalue weighted by molar-refractivity contribution is 5.68. The van der Waals surface area contributed by atoms with Crippen molar-refractivity contribution in [1.82, 2.24) is 4.90 Å². The third kappa shape index (κ3) is 3.94. The van der Waals surface area contributed by atoms with E-state index in [9.17, 15) is 9.90 Å². The molecular weight excluding hydrogens is 316 g/mol. The predicted molar refractivity (Wildman–Crippen MR) is 98.0 cm³/mol. The van der Waals surface area contributed by atoms with E-state index in [2.05, 4.69) is 4.90 Å². The minimum absolute atomic E-state index is 0.101. The summed E-state index contributed by atoms with van der Waals surface area (Å²) < 4.78 is 5.06. The Bertz CT molecular complexity index is 638. The summed E-state index contributed by atoms with van der Waals surface area (Å²) in [5.41, 5.74) is 2.06. The van der Waals surface area contributed by atoms with Crippen molar-refractivity contribution in [3.63, 3.8) is 0 Å². The minimum atomic E-state index is -0.654. The molecule has 3 rings (SSSR count). The number of likely N-dealkylation sites (tertiary alicyclic amines) is 1. The van der Waals surface area contributed by atoms with E-state index in [4.69, 9.17) is 4.74 Å². The van der Waals surface area contributed by atoms with Crippen LogP contribution in [-0.4, -0.2) is 47.9 Å². The number of aliphatic hydroxyl groups excluding tert-OH is 1. The molecule has 1 aliphatic heterocycles. The van der Waals surface area contributed by atoms with Crippen LogP contribution in [0, 0.1) is 0 Å². The fourth-order valence-electron chi connectivity index (χ4n) is 3.31. The first-order valence-electron chi connectivity index (χ1n) is 8.69. The van der Waals surface area contributed by atoms with Gasteiger partial charge in [-0.1, -0.05) is 36.4 Å². The molecule has 0 aromatic heterocycles. The molecule has 25 heavy (non-hydrogen) atoms. The molecule has 2 atom stereocenters. The van der Waals surface area contributed by atoms with Gasteiger partial charge in [-0.3, -0.25) is 0 Å². The van der Waals surface area contributed by atoms with Crippen LogP contribution in [0.15, 0.2) is 60.7 Å². The van der Waals surface area contributed by atoms with Crippen molar-refractivity contribution < 1.29 is 14.6 Å². The summed E-state index contributed by atoms with van der Waals surface area (Å²) in [5, 5.41) is 10.8. The van der Waals surface area contributed by atoms with Gasteiger partial charge in [-0.15, -0.1) is 0 Å². The van der Waals surface area contributed by atoms with Gasteiger partial charge in [-0.05, 0) is 37.6 Å². The first-order chi connectivity index (χ1) is 12.2. The molecule has 0 spiro atoms. The Morgan fingerprint density at radius 1 is 1.12 bits per heavy atom.